The highest BCUT2D eigenvalue weighted by Gasteiger charge is 2.06. The predicted octanol–water partition coefficient (Wildman–Crippen LogP) is 4.83. The van der Waals surface area contributed by atoms with Crippen LogP contribution in [0.25, 0.3) is 16.8 Å². The Morgan fingerprint density at radius 2 is 1.75 bits per heavy atom. The molecule has 0 fully saturated rings. The highest BCUT2D eigenvalue weighted by molar-refractivity contribution is 5.92. The lowest BCUT2D eigenvalue weighted by molar-refractivity contribution is 0.990. The molecule has 2 aromatic carbocycles. The molecular weight excluding hydrogens is 192 g/mol. The van der Waals surface area contributed by atoms with Crippen molar-refractivity contribution in [3.8, 4) is 0 Å². The second-order valence-electron chi connectivity index (χ2n) is 3.80. The molecule has 3 rings (SSSR count). The Morgan fingerprint density at radius 3 is 2.62 bits per heavy atom. The van der Waals surface area contributed by atoms with Gasteiger partial charge in [-0.05, 0) is 34.7 Å². The summed E-state index contributed by atoms with van der Waals surface area (Å²) in [6.07, 6.45) is 6.91. The van der Waals surface area contributed by atoms with Gasteiger partial charge in [0, 0.05) is 0 Å². The summed E-state index contributed by atoms with van der Waals surface area (Å²) in [4.78, 5) is 0. The van der Waals surface area contributed by atoms with E-state index in [0.717, 1.165) is 0 Å². The monoisotopic (exact) mass is 210 g/mol. The van der Waals surface area contributed by atoms with Crippen molar-refractivity contribution in [2.24, 2.45) is 0 Å². The molecule has 0 heteroatoms. The number of hydrogen-bond acceptors (Lipinski definition) is 0. The van der Waals surface area contributed by atoms with E-state index in [2.05, 4.69) is 48.6 Å². The Kier molecular flexibility index (Phi) is 3.40. The Labute approximate surface area is 97.6 Å². The number of fused-ring (bicyclic) bond motifs is 3. The lowest BCUT2D eigenvalue weighted by Gasteiger charge is -2.12. The number of aryl methyl sites for hydroxylation is 1. The third-order valence-corrected chi connectivity index (χ3v) is 2.93. The zero-order chi connectivity index (χ0) is 11.4. The molecule has 0 atom stereocenters. The number of rotatable bonds is 0. The molecular formula is C16H18. The van der Waals surface area contributed by atoms with Gasteiger partial charge in [0.15, 0.2) is 0 Å². The van der Waals surface area contributed by atoms with Crippen molar-refractivity contribution in [2.45, 2.75) is 26.7 Å². The van der Waals surface area contributed by atoms with Crippen LogP contribution in [-0.4, -0.2) is 0 Å². The molecule has 0 nitrogen and oxygen atoms in total. The maximum atomic E-state index is 2.27. The molecule has 82 valence electrons. The van der Waals surface area contributed by atoms with Gasteiger partial charge >= 0.3 is 0 Å². The van der Waals surface area contributed by atoms with Crippen molar-refractivity contribution >= 4 is 16.8 Å². The SMILES string of the molecule is C1=Cc2c(ccc3ccccc23)CC1.CC. The van der Waals surface area contributed by atoms with Crippen LogP contribution in [0.3, 0.4) is 0 Å². The van der Waals surface area contributed by atoms with Gasteiger partial charge in [0.05, 0.1) is 0 Å². The summed E-state index contributed by atoms with van der Waals surface area (Å²) >= 11 is 0. The number of allylic oxidation sites excluding steroid dienone is 1. The summed E-state index contributed by atoms with van der Waals surface area (Å²) in [6, 6.07) is 13.1. The van der Waals surface area contributed by atoms with Gasteiger partial charge in [0.1, 0.15) is 0 Å². The number of benzene rings is 2. The Bertz CT molecular complexity index is 506. The smallest absolute Gasteiger partial charge is 0.0109 e. The van der Waals surface area contributed by atoms with E-state index in [4.69, 9.17) is 0 Å². The minimum Gasteiger partial charge on any atom is -0.0836 e. The largest absolute Gasteiger partial charge is 0.0836 e. The molecule has 0 N–H and O–H groups in total. The molecule has 0 aliphatic heterocycles. The molecule has 0 aromatic heterocycles. The van der Waals surface area contributed by atoms with E-state index in [0.29, 0.717) is 0 Å². The van der Waals surface area contributed by atoms with E-state index in [1.54, 1.807) is 0 Å². The van der Waals surface area contributed by atoms with Crippen LogP contribution in [0.5, 0.6) is 0 Å². The fourth-order valence-electron chi connectivity index (χ4n) is 2.20. The first-order chi connectivity index (χ1) is 7.95. The van der Waals surface area contributed by atoms with Crippen LogP contribution >= 0.6 is 0 Å². The zero-order valence-corrected chi connectivity index (χ0v) is 10.0. The lowest BCUT2D eigenvalue weighted by Crippen LogP contribution is -1.94. The van der Waals surface area contributed by atoms with Gasteiger partial charge in [0.25, 0.3) is 0 Å². The van der Waals surface area contributed by atoms with Gasteiger partial charge in [-0.25, -0.2) is 0 Å². The van der Waals surface area contributed by atoms with E-state index in [-0.39, 0.29) is 0 Å². The van der Waals surface area contributed by atoms with Crippen molar-refractivity contribution in [1.29, 1.82) is 0 Å². The van der Waals surface area contributed by atoms with Gasteiger partial charge in [-0.1, -0.05) is 62.4 Å². The molecule has 0 amide bonds. The molecule has 0 unspecified atom stereocenters. The first-order valence-electron chi connectivity index (χ1n) is 6.12. The fourth-order valence-corrected chi connectivity index (χ4v) is 2.20. The molecule has 2 aromatic rings. The van der Waals surface area contributed by atoms with E-state index < -0.39 is 0 Å². The Balaban J connectivity index is 0.000000457. The van der Waals surface area contributed by atoms with Crippen LogP contribution in [0.15, 0.2) is 42.5 Å². The summed E-state index contributed by atoms with van der Waals surface area (Å²) in [5.74, 6) is 0. The van der Waals surface area contributed by atoms with E-state index in [1.807, 2.05) is 13.8 Å². The maximum Gasteiger partial charge on any atom is -0.0109 e. The van der Waals surface area contributed by atoms with Crippen molar-refractivity contribution in [1.82, 2.24) is 0 Å². The topological polar surface area (TPSA) is 0 Å². The molecule has 0 spiro atoms. The fraction of sp³-hybridized carbons (Fsp3) is 0.250. The molecule has 1 aliphatic carbocycles. The van der Waals surface area contributed by atoms with Crippen LogP contribution in [0.4, 0.5) is 0 Å². The predicted molar refractivity (Wildman–Crippen MR) is 72.7 cm³/mol. The van der Waals surface area contributed by atoms with Crippen LogP contribution in [0, 0.1) is 0 Å². The van der Waals surface area contributed by atoms with Crippen molar-refractivity contribution in [3.05, 3.63) is 53.6 Å². The van der Waals surface area contributed by atoms with Crippen molar-refractivity contribution in [2.75, 3.05) is 0 Å². The molecule has 0 bridgehead atoms. The first-order valence-corrected chi connectivity index (χ1v) is 6.12. The highest BCUT2D eigenvalue weighted by atomic mass is 14.1. The van der Waals surface area contributed by atoms with E-state index in [1.165, 1.54) is 34.7 Å². The summed E-state index contributed by atoms with van der Waals surface area (Å²) in [5, 5.41) is 2.73. The molecule has 0 radical (unpaired) electrons. The molecule has 16 heavy (non-hydrogen) atoms. The van der Waals surface area contributed by atoms with Crippen LogP contribution in [0.1, 0.15) is 31.4 Å². The summed E-state index contributed by atoms with van der Waals surface area (Å²) in [7, 11) is 0. The minimum atomic E-state index is 1.19. The first kappa shape index (κ1) is 10.9. The normalized spacial score (nSPS) is 12.9. The molecule has 1 aliphatic rings. The zero-order valence-electron chi connectivity index (χ0n) is 10.0. The highest BCUT2D eigenvalue weighted by Crippen LogP contribution is 2.27. The average Bonchev–Trinajstić information content (AvgIpc) is 2.41. The van der Waals surface area contributed by atoms with E-state index >= 15 is 0 Å². The molecule has 0 saturated carbocycles. The third-order valence-electron chi connectivity index (χ3n) is 2.93. The third kappa shape index (κ3) is 1.88. The number of hydrogen-bond donors (Lipinski definition) is 0. The summed E-state index contributed by atoms with van der Waals surface area (Å²) < 4.78 is 0. The Hall–Kier alpha value is -1.56. The second-order valence-corrected chi connectivity index (χ2v) is 3.80. The summed E-state index contributed by atoms with van der Waals surface area (Å²) in [6.45, 7) is 4.00. The quantitative estimate of drug-likeness (QED) is 0.584. The van der Waals surface area contributed by atoms with Gasteiger partial charge in [-0.3, -0.25) is 0 Å². The second kappa shape index (κ2) is 4.98. The molecule has 0 saturated heterocycles. The van der Waals surface area contributed by atoms with E-state index in [9.17, 15) is 0 Å². The maximum absolute atomic E-state index is 2.27. The van der Waals surface area contributed by atoms with Crippen LogP contribution in [-0.2, 0) is 6.42 Å². The average molecular weight is 210 g/mol. The van der Waals surface area contributed by atoms with Gasteiger partial charge in [-0.2, -0.15) is 0 Å². The van der Waals surface area contributed by atoms with Crippen molar-refractivity contribution < 1.29 is 0 Å². The van der Waals surface area contributed by atoms with Gasteiger partial charge in [0.2, 0.25) is 0 Å². The van der Waals surface area contributed by atoms with Crippen LogP contribution < -0.4 is 0 Å². The lowest BCUT2D eigenvalue weighted by atomic mass is 9.92. The van der Waals surface area contributed by atoms with Gasteiger partial charge in [-0.15, -0.1) is 0 Å². The Morgan fingerprint density at radius 1 is 0.938 bits per heavy atom. The summed E-state index contributed by atoms with van der Waals surface area (Å²) in [5.41, 5.74) is 2.92. The standard InChI is InChI=1S/C14H12.C2H6/c1-3-7-13-11(5-1)9-10-12-6-2-4-8-14(12)13;1-2/h1,3-5,7-10H,2,6H2;1-2H3. The minimum absolute atomic E-state index is 1.19. The van der Waals surface area contributed by atoms with Crippen LogP contribution in [0.2, 0.25) is 0 Å². The van der Waals surface area contributed by atoms with Crippen molar-refractivity contribution in [3.63, 3.8) is 0 Å². The van der Waals surface area contributed by atoms with Gasteiger partial charge < -0.3 is 0 Å². The molecule has 0 heterocycles.